The molecule has 0 saturated heterocycles. The molecule has 12 nitrogen and oxygen atoms in total. The summed E-state index contributed by atoms with van der Waals surface area (Å²) in [5.41, 5.74) is 15.2. The topological polar surface area (TPSA) is 216 Å². The van der Waals surface area contributed by atoms with Crippen LogP contribution in [0.4, 0.5) is 34.1 Å². The smallest absolute Gasteiger partial charge is 0.744 e. The molecule has 0 heterocycles. The maximum Gasteiger partial charge on any atom is 1.00 e. The second kappa shape index (κ2) is 15.6. The number of halogens is 1. The van der Waals surface area contributed by atoms with Crippen LogP contribution in [0.3, 0.4) is 0 Å². The van der Waals surface area contributed by atoms with Gasteiger partial charge in [-0.05, 0) is 70.1 Å². The number of benzene rings is 6. The van der Waals surface area contributed by atoms with E-state index in [0.29, 0.717) is 22.1 Å². The second-order valence-electron chi connectivity index (χ2n) is 10.2. The first kappa shape index (κ1) is 39.0. The molecular formula is C32H21IN6Na2O6S2. The van der Waals surface area contributed by atoms with Crippen molar-refractivity contribution < 1.29 is 85.1 Å². The van der Waals surface area contributed by atoms with Crippen LogP contribution in [0.2, 0.25) is 0 Å². The van der Waals surface area contributed by atoms with E-state index >= 15 is 0 Å². The fourth-order valence-corrected chi connectivity index (χ4v) is 7.39. The van der Waals surface area contributed by atoms with Gasteiger partial charge in [-0.2, -0.15) is 10.2 Å². The summed E-state index contributed by atoms with van der Waals surface area (Å²) in [5.74, 6) is 0. The molecule has 6 aromatic rings. The summed E-state index contributed by atoms with van der Waals surface area (Å²) in [5, 5.41) is 17.8. The van der Waals surface area contributed by atoms with Crippen LogP contribution in [0.15, 0.2) is 133 Å². The molecule has 6 rings (SSSR count). The predicted molar refractivity (Wildman–Crippen MR) is 186 cm³/mol. The van der Waals surface area contributed by atoms with Gasteiger partial charge in [0.1, 0.15) is 31.6 Å². The van der Waals surface area contributed by atoms with Crippen molar-refractivity contribution in [3.8, 4) is 11.1 Å². The van der Waals surface area contributed by atoms with Crippen molar-refractivity contribution in [3.63, 3.8) is 0 Å². The van der Waals surface area contributed by atoms with Gasteiger partial charge in [0, 0.05) is 30.8 Å². The Hall–Kier alpha value is -2.81. The monoisotopic (exact) mass is 818 g/mol. The Kier molecular flexibility index (Phi) is 12.4. The van der Waals surface area contributed by atoms with E-state index in [-0.39, 0.29) is 92.6 Å². The largest absolute Gasteiger partial charge is 1.00 e. The number of hydrogen-bond acceptors (Lipinski definition) is 12. The van der Waals surface area contributed by atoms with Crippen LogP contribution >= 0.6 is 22.6 Å². The quantitative estimate of drug-likeness (QED) is 0.0798. The van der Waals surface area contributed by atoms with Gasteiger partial charge in [-0.15, -0.1) is 10.2 Å². The van der Waals surface area contributed by atoms with Gasteiger partial charge in [0.15, 0.2) is 0 Å². The van der Waals surface area contributed by atoms with E-state index in [1.165, 1.54) is 18.2 Å². The van der Waals surface area contributed by atoms with Crippen LogP contribution < -0.4 is 70.6 Å². The molecule has 4 N–H and O–H groups in total. The van der Waals surface area contributed by atoms with Crippen LogP contribution in [0.25, 0.3) is 32.7 Å². The minimum absolute atomic E-state index is 0. The summed E-state index contributed by atoms with van der Waals surface area (Å²) in [6.07, 6.45) is 0. The fourth-order valence-electron chi connectivity index (χ4n) is 5.07. The first-order valence-corrected chi connectivity index (χ1v) is 17.5. The fraction of sp³-hybridized carbons (Fsp3) is 0. The third-order valence-corrected chi connectivity index (χ3v) is 9.93. The van der Waals surface area contributed by atoms with Crippen LogP contribution in [-0.4, -0.2) is 25.9 Å². The number of nitrogens with zero attached hydrogens (tertiary/aromatic N) is 4. The van der Waals surface area contributed by atoms with E-state index in [0.717, 1.165) is 20.8 Å². The third kappa shape index (κ3) is 8.40. The van der Waals surface area contributed by atoms with Gasteiger partial charge in [-0.3, -0.25) is 0 Å². The standard InChI is InChI=1S/C32H23IN6O6S2.2Na/c33-26-15-20(37-38-28-17-30(46(40,41)42)23-6-2-3-7-24(23)31(28)35)13-14-21(26)18-9-11-19(12-10-18)36-39-29-16-27(34)22-5-1-4-8-25(22)32(29)47(43,44)45;;/h1-17H,34-35H2,(H,40,41,42)(H,43,44,45);;/q;2*+1/p-2/i33-4;;. The van der Waals surface area contributed by atoms with Gasteiger partial charge < -0.3 is 20.6 Å². The van der Waals surface area contributed by atoms with Crippen molar-refractivity contribution in [1.29, 1.82) is 0 Å². The maximum atomic E-state index is 12.1. The number of fused-ring (bicyclic) bond motifs is 2. The van der Waals surface area contributed by atoms with E-state index in [1.54, 1.807) is 72.8 Å². The summed E-state index contributed by atoms with van der Waals surface area (Å²) in [4.78, 5) is -0.921. The van der Waals surface area contributed by atoms with Gasteiger partial charge in [0.05, 0.1) is 26.9 Å². The van der Waals surface area contributed by atoms with Crippen molar-refractivity contribution in [2.24, 2.45) is 20.5 Å². The summed E-state index contributed by atoms with van der Waals surface area (Å²) in [6.45, 7) is 0. The van der Waals surface area contributed by atoms with E-state index in [1.807, 2.05) is 6.07 Å². The molecule has 0 aliphatic rings. The van der Waals surface area contributed by atoms with Crippen LogP contribution in [-0.2, 0) is 20.2 Å². The molecule has 49 heavy (non-hydrogen) atoms. The van der Waals surface area contributed by atoms with E-state index < -0.39 is 30.0 Å². The number of hydrogen-bond donors (Lipinski definition) is 2. The summed E-state index contributed by atoms with van der Waals surface area (Å²) in [6, 6.07) is 27.5. The number of azo groups is 2. The van der Waals surface area contributed by atoms with E-state index in [2.05, 4.69) is 43.0 Å². The minimum atomic E-state index is -4.89. The Morgan fingerprint density at radius 2 is 1.12 bits per heavy atom. The van der Waals surface area contributed by atoms with E-state index in [4.69, 9.17) is 11.5 Å². The summed E-state index contributed by atoms with van der Waals surface area (Å²) in [7, 11) is -9.68. The molecule has 0 spiro atoms. The molecule has 0 atom stereocenters. The van der Waals surface area contributed by atoms with Crippen LogP contribution in [0.1, 0.15) is 0 Å². The van der Waals surface area contributed by atoms with Crippen molar-refractivity contribution >= 4 is 98.5 Å². The first-order valence-electron chi connectivity index (χ1n) is 13.6. The van der Waals surface area contributed by atoms with Crippen molar-refractivity contribution in [1.82, 2.24) is 0 Å². The van der Waals surface area contributed by atoms with Crippen molar-refractivity contribution in [2.45, 2.75) is 9.79 Å². The Bertz CT molecular complexity index is 2520. The molecule has 0 aromatic heterocycles. The number of nitrogens with two attached hydrogens (primary N) is 2. The molecule has 0 unspecified atom stereocenters. The van der Waals surface area contributed by atoms with Crippen LogP contribution in [0.5, 0.6) is 0 Å². The van der Waals surface area contributed by atoms with Gasteiger partial charge >= 0.3 is 59.1 Å². The molecule has 0 amide bonds. The first-order chi connectivity index (χ1) is 22.3. The average molecular weight is 819 g/mol. The Labute approximate surface area is 339 Å². The molecule has 0 bridgehead atoms. The molecule has 17 heteroatoms. The van der Waals surface area contributed by atoms with Gasteiger partial charge in [0.25, 0.3) is 0 Å². The number of rotatable bonds is 7. The Balaban J connectivity index is 0.00000270. The normalized spacial score (nSPS) is 12.0. The van der Waals surface area contributed by atoms with Gasteiger partial charge in [0.2, 0.25) is 0 Å². The molecule has 0 saturated carbocycles. The Morgan fingerprint density at radius 1 is 0.571 bits per heavy atom. The number of anilines is 2. The summed E-state index contributed by atoms with van der Waals surface area (Å²) >= 11 is 2.14. The molecule has 6 aromatic carbocycles. The third-order valence-electron chi connectivity index (χ3n) is 7.23. The minimum Gasteiger partial charge on any atom is -0.744 e. The zero-order chi connectivity index (χ0) is 33.5. The predicted octanol–water partition coefficient (Wildman–Crippen LogP) is 2.08. The molecule has 236 valence electrons. The Morgan fingerprint density at radius 3 is 1.73 bits per heavy atom. The molecule has 0 aliphatic heterocycles. The number of nitrogen functional groups attached to an aromatic ring is 2. The molecule has 0 radical (unpaired) electrons. The van der Waals surface area contributed by atoms with Crippen molar-refractivity contribution in [3.05, 3.63) is 107 Å². The van der Waals surface area contributed by atoms with Gasteiger partial charge in [-0.1, -0.05) is 66.7 Å². The zero-order valence-corrected chi connectivity index (χ0v) is 33.7. The second-order valence-corrected chi connectivity index (χ2v) is 14.1. The SMILES string of the molecule is Nc1cc(N=Nc2ccc(-c3ccc(N=Nc4cc(S(=O)(=O)[O-])c5ccccc5c4N)cc3[123I])cc2)c(S(=O)(=O)[O-])c2ccccc12.[Na+].[Na+]. The van der Waals surface area contributed by atoms with Gasteiger partial charge in [-0.25, -0.2) is 16.8 Å². The zero-order valence-electron chi connectivity index (χ0n) is 25.9. The van der Waals surface area contributed by atoms with E-state index in [9.17, 15) is 25.9 Å². The molecule has 0 aliphatic carbocycles. The molecular weight excluding hydrogens is 797 g/mol. The summed E-state index contributed by atoms with van der Waals surface area (Å²) < 4.78 is 72.9. The average Bonchev–Trinajstić information content (AvgIpc) is 3.03. The molecule has 0 fully saturated rings. The maximum absolute atomic E-state index is 12.1. The van der Waals surface area contributed by atoms with Crippen molar-refractivity contribution in [2.75, 3.05) is 11.5 Å². The van der Waals surface area contributed by atoms with Crippen LogP contribution in [0, 0.1) is 3.57 Å².